The summed E-state index contributed by atoms with van der Waals surface area (Å²) >= 11 is 0. The van der Waals surface area contributed by atoms with Crippen molar-refractivity contribution in [1.29, 1.82) is 0 Å². The highest BCUT2D eigenvalue weighted by Crippen LogP contribution is 2.17. The number of amides is 2. The molecule has 0 bridgehead atoms. The van der Waals surface area contributed by atoms with Gasteiger partial charge in [-0.2, -0.15) is 0 Å². The van der Waals surface area contributed by atoms with Crippen LogP contribution in [-0.2, 0) is 22.5 Å². The fourth-order valence-corrected chi connectivity index (χ4v) is 5.42. The molecule has 11 heteroatoms. The third kappa shape index (κ3) is 12.4. The minimum atomic E-state index is -0.980. The summed E-state index contributed by atoms with van der Waals surface area (Å²) in [6, 6.07) is 17.2. The molecule has 0 aliphatic rings. The molecule has 6 N–H and O–H groups in total. The van der Waals surface area contributed by atoms with Gasteiger partial charge in [-0.3, -0.25) is 14.4 Å². The van der Waals surface area contributed by atoms with E-state index in [0.717, 1.165) is 24.5 Å². The Morgan fingerprint density at radius 3 is 2.17 bits per heavy atom. The van der Waals surface area contributed by atoms with E-state index in [-0.39, 0.29) is 30.0 Å². The number of nitrogens with one attached hydrogen (secondary N) is 2. The number of nitrogens with zero attached hydrogens (tertiary/aromatic N) is 1. The van der Waals surface area contributed by atoms with Gasteiger partial charge in [0.05, 0.1) is 6.04 Å². The van der Waals surface area contributed by atoms with Crippen LogP contribution >= 0.6 is 0 Å². The first kappa shape index (κ1) is 38.3. The summed E-state index contributed by atoms with van der Waals surface area (Å²) in [6.07, 6.45) is 2.24. The topological polar surface area (TPSA) is 140 Å². The van der Waals surface area contributed by atoms with Crippen molar-refractivity contribution in [3.8, 4) is 0 Å². The number of halogens is 2. The van der Waals surface area contributed by atoms with E-state index < -0.39 is 41.7 Å². The molecule has 3 atom stereocenters. The average Bonchev–Trinajstić information content (AvgIpc) is 3.07. The molecular weight excluding hydrogens is 616 g/mol. The van der Waals surface area contributed by atoms with E-state index in [2.05, 4.69) is 10.6 Å². The lowest BCUT2D eigenvalue weighted by Crippen LogP contribution is -2.52. The predicted molar refractivity (Wildman–Crippen MR) is 183 cm³/mol. The smallest absolute Gasteiger partial charge is 0.323 e. The molecule has 3 aromatic rings. The van der Waals surface area contributed by atoms with Crippen LogP contribution in [0.3, 0.4) is 0 Å². The zero-order valence-electron chi connectivity index (χ0n) is 27.9. The Kier molecular flexibility index (Phi) is 16.1. The minimum Gasteiger partial charge on any atom is -0.458 e. The van der Waals surface area contributed by atoms with Crippen LogP contribution in [0.25, 0.3) is 0 Å². The Bertz CT molecular complexity index is 1430. The molecule has 2 amide bonds. The van der Waals surface area contributed by atoms with Gasteiger partial charge in [-0.15, -0.1) is 0 Å². The molecule has 0 aromatic heterocycles. The number of hydrogen-bond acceptors (Lipinski definition) is 7. The third-order valence-electron chi connectivity index (χ3n) is 7.85. The summed E-state index contributed by atoms with van der Waals surface area (Å²) in [6.45, 7) is 6.17. The number of carbonyl (C=O) groups is 3. The molecular formula is C37H49F2N5O4. The molecule has 0 saturated heterocycles. The van der Waals surface area contributed by atoms with Gasteiger partial charge in [0.1, 0.15) is 23.8 Å². The molecule has 0 fully saturated rings. The number of carbonyl (C=O) groups excluding carboxylic acids is 3. The first-order valence-corrected chi connectivity index (χ1v) is 16.7. The highest BCUT2D eigenvalue weighted by molar-refractivity contribution is 5.99. The fraction of sp³-hybridized carbons (Fsp3) is 0.432. The van der Waals surface area contributed by atoms with Crippen LogP contribution in [0.4, 0.5) is 8.78 Å². The molecule has 3 aromatic carbocycles. The average molecular weight is 666 g/mol. The van der Waals surface area contributed by atoms with Gasteiger partial charge in [0.2, 0.25) is 0 Å². The second-order valence-electron chi connectivity index (χ2n) is 11.9. The molecule has 3 rings (SSSR count). The number of rotatable bonds is 20. The van der Waals surface area contributed by atoms with Crippen molar-refractivity contribution in [3.05, 3.63) is 107 Å². The molecule has 0 radical (unpaired) electrons. The van der Waals surface area contributed by atoms with Crippen LogP contribution in [-0.4, -0.2) is 67.1 Å². The first-order chi connectivity index (χ1) is 23.1. The van der Waals surface area contributed by atoms with Crippen molar-refractivity contribution in [2.24, 2.45) is 11.5 Å². The Morgan fingerprint density at radius 1 is 0.854 bits per heavy atom. The molecule has 0 aliphatic carbocycles. The second kappa shape index (κ2) is 20.2. The van der Waals surface area contributed by atoms with Crippen LogP contribution in [0.1, 0.15) is 77.8 Å². The summed E-state index contributed by atoms with van der Waals surface area (Å²) in [5, 5.41) is 6.21. The Hall–Kier alpha value is -4.19. The van der Waals surface area contributed by atoms with Gasteiger partial charge in [-0.05, 0) is 80.1 Å². The summed E-state index contributed by atoms with van der Waals surface area (Å²) in [5.41, 5.74) is 13.6. The molecule has 260 valence electrons. The summed E-state index contributed by atoms with van der Waals surface area (Å²) in [7, 11) is 0. The van der Waals surface area contributed by atoms with Crippen molar-refractivity contribution in [2.45, 2.75) is 77.1 Å². The lowest BCUT2D eigenvalue weighted by atomic mass is 9.99. The highest BCUT2D eigenvalue weighted by atomic mass is 19.1. The number of esters is 1. The van der Waals surface area contributed by atoms with Gasteiger partial charge < -0.3 is 31.7 Å². The quantitative estimate of drug-likeness (QED) is 0.101. The fourth-order valence-electron chi connectivity index (χ4n) is 5.42. The van der Waals surface area contributed by atoms with E-state index in [0.29, 0.717) is 51.0 Å². The van der Waals surface area contributed by atoms with Crippen molar-refractivity contribution in [2.75, 3.05) is 26.2 Å². The van der Waals surface area contributed by atoms with E-state index in [1.54, 1.807) is 23.1 Å². The summed E-state index contributed by atoms with van der Waals surface area (Å²) in [4.78, 5) is 42.0. The zero-order chi connectivity index (χ0) is 34.9. The van der Waals surface area contributed by atoms with Gasteiger partial charge in [0.25, 0.3) is 11.8 Å². The first-order valence-electron chi connectivity index (χ1n) is 16.7. The van der Waals surface area contributed by atoms with Crippen molar-refractivity contribution in [1.82, 2.24) is 15.5 Å². The van der Waals surface area contributed by atoms with Crippen LogP contribution in [0.5, 0.6) is 0 Å². The van der Waals surface area contributed by atoms with Crippen LogP contribution in [0, 0.1) is 11.6 Å². The van der Waals surface area contributed by atoms with E-state index in [9.17, 15) is 23.2 Å². The molecule has 0 heterocycles. The monoisotopic (exact) mass is 665 g/mol. The number of benzene rings is 3. The maximum atomic E-state index is 14.3. The molecule has 0 saturated carbocycles. The third-order valence-corrected chi connectivity index (χ3v) is 7.85. The molecule has 0 spiro atoms. The van der Waals surface area contributed by atoms with E-state index in [1.165, 1.54) is 18.2 Å². The number of hydrogen-bond donors (Lipinski definition) is 4. The van der Waals surface area contributed by atoms with E-state index in [4.69, 9.17) is 16.2 Å². The summed E-state index contributed by atoms with van der Waals surface area (Å²) < 4.78 is 34.5. The standard InChI is InChI=1S/C37H49F2N5O4/c1-3-17-44(18-4-2)36(46)29-14-10-13-28(22-29)35(45)43-33(21-27-19-30(38)23-31(39)20-27)34(25-42-24-26-11-6-5-7-12-26)48-37(47)32(41)15-8-9-16-40/h5-7,10-14,19-20,22-23,32-34,42H,3-4,8-9,15-18,21,24-25,40-41H2,1-2H3,(H,43,45)/t32-,33?,34?/m1/s1. The Balaban J connectivity index is 1.93. The van der Waals surface area contributed by atoms with Gasteiger partial charge in [0.15, 0.2) is 0 Å². The molecule has 9 nitrogen and oxygen atoms in total. The van der Waals surface area contributed by atoms with Crippen molar-refractivity contribution >= 4 is 17.8 Å². The van der Waals surface area contributed by atoms with Crippen LogP contribution in [0.15, 0.2) is 72.8 Å². The second-order valence-corrected chi connectivity index (χ2v) is 11.9. The maximum Gasteiger partial charge on any atom is 0.323 e. The number of unbranched alkanes of at least 4 members (excludes halogenated alkanes) is 1. The zero-order valence-corrected chi connectivity index (χ0v) is 27.9. The summed E-state index contributed by atoms with van der Waals surface area (Å²) in [5.74, 6) is -2.94. The van der Waals surface area contributed by atoms with Crippen molar-refractivity contribution in [3.63, 3.8) is 0 Å². The number of nitrogens with two attached hydrogens (primary N) is 2. The van der Waals surface area contributed by atoms with Gasteiger partial charge in [0, 0.05) is 43.4 Å². The minimum absolute atomic E-state index is 0.0623. The molecule has 2 unspecified atom stereocenters. The van der Waals surface area contributed by atoms with Gasteiger partial charge in [-0.25, -0.2) is 8.78 Å². The van der Waals surface area contributed by atoms with Crippen molar-refractivity contribution < 1.29 is 27.9 Å². The lowest BCUT2D eigenvalue weighted by Gasteiger charge is -2.30. The maximum absolute atomic E-state index is 14.3. The lowest BCUT2D eigenvalue weighted by molar-refractivity contribution is -0.152. The molecule has 48 heavy (non-hydrogen) atoms. The van der Waals surface area contributed by atoms with Gasteiger partial charge >= 0.3 is 5.97 Å². The largest absolute Gasteiger partial charge is 0.458 e. The normalized spacial score (nSPS) is 13.0. The Labute approximate surface area is 282 Å². The highest BCUT2D eigenvalue weighted by Gasteiger charge is 2.30. The predicted octanol–water partition coefficient (Wildman–Crippen LogP) is 4.73. The van der Waals surface area contributed by atoms with E-state index in [1.807, 2.05) is 44.2 Å². The number of ether oxygens (including phenoxy) is 1. The van der Waals surface area contributed by atoms with Crippen LogP contribution in [0.2, 0.25) is 0 Å². The van der Waals surface area contributed by atoms with Gasteiger partial charge in [-0.1, -0.05) is 56.7 Å². The Morgan fingerprint density at radius 2 is 1.52 bits per heavy atom. The van der Waals surface area contributed by atoms with Crippen LogP contribution < -0.4 is 22.1 Å². The van der Waals surface area contributed by atoms with E-state index >= 15 is 0 Å². The molecule has 0 aliphatic heterocycles. The SMILES string of the molecule is CCCN(CCC)C(=O)c1cccc(C(=O)NC(Cc2cc(F)cc(F)c2)C(CNCc2ccccc2)OC(=O)[C@H](N)CCCCN)c1.